The summed E-state index contributed by atoms with van der Waals surface area (Å²) in [5.74, 6) is -1.18. The summed E-state index contributed by atoms with van der Waals surface area (Å²) in [4.78, 5) is 22.6. The molecule has 0 aromatic heterocycles. The number of aliphatic hydroxyl groups excluding tert-OH is 3. The van der Waals surface area contributed by atoms with Crippen molar-refractivity contribution in [1.29, 1.82) is 0 Å². The van der Waals surface area contributed by atoms with Crippen molar-refractivity contribution < 1.29 is 30.0 Å². The number of hydrogen-bond acceptors (Lipinski definition) is 5. The lowest BCUT2D eigenvalue weighted by atomic mass is 9.88. The molecule has 0 aromatic carbocycles. The molecule has 1 aliphatic rings. The van der Waals surface area contributed by atoms with Crippen LogP contribution in [0.3, 0.4) is 0 Å². The minimum absolute atomic E-state index is 0.0706. The number of carboxylic acids is 1. The number of aliphatic hydroxyl groups is 3. The van der Waals surface area contributed by atoms with E-state index in [1.807, 2.05) is 0 Å². The summed E-state index contributed by atoms with van der Waals surface area (Å²) in [6.45, 7) is 1.72. The lowest BCUT2D eigenvalue weighted by Crippen LogP contribution is -2.19. The highest BCUT2D eigenvalue weighted by Crippen LogP contribution is 2.34. The van der Waals surface area contributed by atoms with Gasteiger partial charge < -0.3 is 20.4 Å². The molecule has 0 spiro atoms. The molecule has 1 fully saturated rings. The Morgan fingerprint density at radius 1 is 1.15 bits per heavy atom. The Labute approximate surface area is 155 Å². The molecule has 0 saturated heterocycles. The molecule has 1 rings (SSSR count). The third kappa shape index (κ3) is 8.92. The molecule has 1 saturated carbocycles. The highest BCUT2D eigenvalue weighted by molar-refractivity contribution is 5.84. The van der Waals surface area contributed by atoms with Crippen molar-refractivity contribution in [3.8, 4) is 0 Å². The number of carbonyl (C=O) groups excluding carboxylic acids is 1. The Morgan fingerprint density at radius 3 is 2.50 bits per heavy atom. The van der Waals surface area contributed by atoms with Gasteiger partial charge in [0.25, 0.3) is 0 Å². The van der Waals surface area contributed by atoms with Crippen molar-refractivity contribution in [3.05, 3.63) is 12.2 Å². The summed E-state index contributed by atoms with van der Waals surface area (Å²) in [5, 5.41) is 38.0. The van der Waals surface area contributed by atoms with E-state index in [-0.39, 0.29) is 36.6 Å². The fourth-order valence-corrected chi connectivity index (χ4v) is 3.56. The Balaban J connectivity index is 2.39. The number of carboxylic acid groups (broad SMARTS) is 1. The molecule has 0 amide bonds. The van der Waals surface area contributed by atoms with Gasteiger partial charge in [-0.1, -0.05) is 31.4 Å². The van der Waals surface area contributed by atoms with Gasteiger partial charge in [0, 0.05) is 24.7 Å². The van der Waals surface area contributed by atoms with E-state index in [0.29, 0.717) is 25.7 Å². The molecule has 150 valence electrons. The van der Waals surface area contributed by atoms with Gasteiger partial charge >= 0.3 is 5.97 Å². The zero-order chi connectivity index (χ0) is 19.5. The summed E-state index contributed by atoms with van der Waals surface area (Å²) < 4.78 is 0. The van der Waals surface area contributed by atoms with E-state index >= 15 is 0 Å². The van der Waals surface area contributed by atoms with Gasteiger partial charge in [0.1, 0.15) is 5.78 Å². The third-order valence-corrected chi connectivity index (χ3v) is 5.07. The molecule has 0 aromatic rings. The lowest BCUT2D eigenvalue weighted by molar-refractivity contribution is -0.137. The quantitative estimate of drug-likeness (QED) is 0.292. The van der Waals surface area contributed by atoms with Crippen LogP contribution in [0.5, 0.6) is 0 Å². The monoisotopic (exact) mass is 370 g/mol. The van der Waals surface area contributed by atoms with E-state index in [0.717, 1.165) is 25.7 Å². The average Bonchev–Trinajstić information content (AvgIpc) is 2.81. The zero-order valence-corrected chi connectivity index (χ0v) is 15.7. The van der Waals surface area contributed by atoms with Crippen LogP contribution in [0.15, 0.2) is 12.2 Å². The maximum Gasteiger partial charge on any atom is 0.303 e. The fraction of sp³-hybridized carbons (Fsp3) is 0.800. The molecular weight excluding hydrogens is 336 g/mol. The molecule has 6 nitrogen and oxygen atoms in total. The maximum absolute atomic E-state index is 12.1. The van der Waals surface area contributed by atoms with Crippen LogP contribution in [0.25, 0.3) is 0 Å². The smallest absolute Gasteiger partial charge is 0.303 e. The van der Waals surface area contributed by atoms with Crippen LogP contribution in [0.2, 0.25) is 0 Å². The molecule has 4 N–H and O–H groups in total. The van der Waals surface area contributed by atoms with Gasteiger partial charge in [0.05, 0.1) is 18.3 Å². The molecule has 26 heavy (non-hydrogen) atoms. The van der Waals surface area contributed by atoms with E-state index in [9.17, 15) is 24.9 Å². The predicted molar refractivity (Wildman–Crippen MR) is 98.6 cm³/mol. The number of aliphatic carboxylic acids is 1. The summed E-state index contributed by atoms with van der Waals surface area (Å²) >= 11 is 0. The first kappa shape index (κ1) is 22.8. The number of unbranched alkanes of at least 4 members (excludes halogenated alkanes) is 3. The number of rotatable bonds is 13. The van der Waals surface area contributed by atoms with Crippen LogP contribution in [0.4, 0.5) is 0 Å². The highest BCUT2D eigenvalue weighted by atomic mass is 16.4. The van der Waals surface area contributed by atoms with Crippen molar-refractivity contribution >= 4 is 11.8 Å². The van der Waals surface area contributed by atoms with E-state index in [1.54, 1.807) is 19.1 Å². The predicted octanol–water partition coefficient (Wildman–Crippen LogP) is 2.45. The van der Waals surface area contributed by atoms with Crippen LogP contribution >= 0.6 is 0 Å². The summed E-state index contributed by atoms with van der Waals surface area (Å²) in [6, 6.07) is 0. The second kappa shape index (κ2) is 12.2. The molecular formula is C20H34O6. The molecule has 0 heterocycles. The van der Waals surface area contributed by atoms with Crippen molar-refractivity contribution in [2.75, 3.05) is 0 Å². The minimum atomic E-state index is -0.781. The van der Waals surface area contributed by atoms with Gasteiger partial charge in [-0.05, 0) is 39.0 Å². The van der Waals surface area contributed by atoms with Crippen molar-refractivity contribution in [1.82, 2.24) is 0 Å². The molecule has 6 heteroatoms. The molecule has 5 atom stereocenters. The number of ketones is 1. The first-order chi connectivity index (χ1) is 12.3. The van der Waals surface area contributed by atoms with Crippen molar-refractivity contribution in [2.24, 2.45) is 11.8 Å². The van der Waals surface area contributed by atoms with E-state index < -0.39 is 18.2 Å². The SMILES string of the molecule is CC(O)CCC[C@H](O)/C=C/[C@H]1[C@H](O)CC(=O)[C@H]1CCCCCCC(=O)O. The van der Waals surface area contributed by atoms with E-state index in [2.05, 4.69) is 0 Å². The third-order valence-electron chi connectivity index (χ3n) is 5.07. The molecule has 0 radical (unpaired) electrons. The largest absolute Gasteiger partial charge is 0.481 e. The van der Waals surface area contributed by atoms with Gasteiger partial charge in [-0.25, -0.2) is 0 Å². The second-order valence-corrected chi connectivity index (χ2v) is 7.50. The minimum Gasteiger partial charge on any atom is -0.481 e. The van der Waals surface area contributed by atoms with Crippen LogP contribution in [-0.2, 0) is 9.59 Å². The first-order valence-corrected chi connectivity index (χ1v) is 9.78. The van der Waals surface area contributed by atoms with Gasteiger partial charge in [0.15, 0.2) is 0 Å². The van der Waals surface area contributed by atoms with Gasteiger partial charge in [-0.2, -0.15) is 0 Å². The lowest BCUT2D eigenvalue weighted by Gasteiger charge is -2.18. The van der Waals surface area contributed by atoms with Crippen LogP contribution in [0, 0.1) is 11.8 Å². The average molecular weight is 370 g/mol. The number of carbonyl (C=O) groups is 2. The number of Topliss-reactive ketones (excluding diaryl/α,β-unsaturated/α-hetero) is 1. The number of hydrogen-bond donors (Lipinski definition) is 4. The van der Waals surface area contributed by atoms with E-state index in [4.69, 9.17) is 5.11 Å². The zero-order valence-electron chi connectivity index (χ0n) is 15.7. The molecule has 1 unspecified atom stereocenters. The van der Waals surface area contributed by atoms with Gasteiger partial charge in [0.2, 0.25) is 0 Å². The van der Waals surface area contributed by atoms with Crippen molar-refractivity contribution in [3.63, 3.8) is 0 Å². The maximum atomic E-state index is 12.1. The van der Waals surface area contributed by atoms with Crippen LogP contribution in [-0.4, -0.2) is 50.5 Å². The summed E-state index contributed by atoms with van der Waals surface area (Å²) in [6.07, 6.45) is 7.88. The Morgan fingerprint density at radius 2 is 1.85 bits per heavy atom. The molecule has 1 aliphatic carbocycles. The second-order valence-electron chi connectivity index (χ2n) is 7.50. The standard InChI is InChI=1S/C20H34O6/c1-14(21)7-6-8-15(22)11-12-17-16(18(23)13-19(17)24)9-4-2-3-5-10-20(25)26/h11-12,14-17,19,21-22,24H,2-10,13H2,1H3,(H,25,26)/b12-11+/t14?,15-,16-,17+,19+/m0/s1. The highest BCUT2D eigenvalue weighted by Gasteiger charge is 2.39. The van der Waals surface area contributed by atoms with Crippen LogP contribution < -0.4 is 0 Å². The van der Waals surface area contributed by atoms with Crippen LogP contribution in [0.1, 0.15) is 71.1 Å². The topological polar surface area (TPSA) is 115 Å². The molecule has 0 bridgehead atoms. The van der Waals surface area contributed by atoms with E-state index in [1.165, 1.54) is 0 Å². The van der Waals surface area contributed by atoms with Gasteiger partial charge in [-0.3, -0.25) is 9.59 Å². The normalized spacial score (nSPS) is 25.7. The molecule has 0 aliphatic heterocycles. The fourth-order valence-electron chi connectivity index (χ4n) is 3.56. The first-order valence-electron chi connectivity index (χ1n) is 9.78. The summed E-state index contributed by atoms with van der Waals surface area (Å²) in [7, 11) is 0. The summed E-state index contributed by atoms with van der Waals surface area (Å²) in [5.41, 5.74) is 0. The Kier molecular flexibility index (Phi) is 10.7. The van der Waals surface area contributed by atoms with Gasteiger partial charge in [-0.15, -0.1) is 0 Å². The van der Waals surface area contributed by atoms with Crippen molar-refractivity contribution in [2.45, 2.75) is 89.4 Å². The Hall–Kier alpha value is -1.24. The Bertz CT molecular complexity index is 459.